The van der Waals surface area contributed by atoms with Crippen LogP contribution >= 0.6 is 11.6 Å². The van der Waals surface area contributed by atoms with Crippen molar-refractivity contribution in [2.45, 2.75) is 6.17 Å². The molecule has 0 bridgehead atoms. The van der Waals surface area contributed by atoms with E-state index < -0.39 is 17.9 Å². The molecule has 1 aromatic carbocycles. The van der Waals surface area contributed by atoms with Gasteiger partial charge in [-0.3, -0.25) is 4.79 Å². The number of fused-ring (bicyclic) bond motifs is 1. The number of hydrogen-bond donors (Lipinski definition) is 0. The summed E-state index contributed by atoms with van der Waals surface area (Å²) in [5, 5.41) is -0.123. The van der Waals surface area contributed by atoms with Crippen molar-refractivity contribution < 1.29 is 18.3 Å². The summed E-state index contributed by atoms with van der Waals surface area (Å²) in [4.78, 5) is 24.0. The fourth-order valence-corrected chi connectivity index (χ4v) is 4.33. The molecule has 1 saturated heterocycles. The summed E-state index contributed by atoms with van der Waals surface area (Å²) >= 11 is 6.42. The minimum atomic E-state index is -1.65. The Morgan fingerprint density at radius 1 is 1.32 bits per heavy atom. The molecule has 2 heterocycles. The molecule has 0 aromatic heterocycles. The maximum Gasteiger partial charge on any atom is 0.246 e. The van der Waals surface area contributed by atoms with Gasteiger partial charge in [0.2, 0.25) is 5.91 Å². The number of alkyl halides is 1. The van der Waals surface area contributed by atoms with Gasteiger partial charge in [-0.05, 0) is 24.3 Å². The smallest absolute Gasteiger partial charge is 0.246 e. The third-order valence-corrected chi connectivity index (χ3v) is 6.04. The molecule has 31 heavy (non-hydrogen) atoms. The standard InChI is InChI=1S/C22H21ClF2N4O2/c1-3-17(30)28-7-9-29(10-8-28)22-19-15(26-12-27-22)11-13(20(23)21(19)25)18-14(24)5-4-6-16(18)31-2/h3-6,11-12,19,21H,1,7-10H2,2H3. The van der Waals surface area contributed by atoms with Crippen LogP contribution in [0.2, 0.25) is 0 Å². The number of methoxy groups -OCH3 is 1. The molecule has 0 N–H and O–H groups in total. The average molecular weight is 447 g/mol. The fourth-order valence-electron chi connectivity index (χ4n) is 4.06. The van der Waals surface area contributed by atoms with Gasteiger partial charge in [0.05, 0.1) is 29.3 Å². The molecule has 4 rings (SSSR count). The highest BCUT2D eigenvalue weighted by molar-refractivity contribution is 6.34. The second-order valence-corrected chi connectivity index (χ2v) is 7.68. The van der Waals surface area contributed by atoms with Crippen LogP contribution in [-0.2, 0) is 4.79 Å². The van der Waals surface area contributed by atoms with Crippen molar-refractivity contribution in [1.82, 2.24) is 9.80 Å². The van der Waals surface area contributed by atoms with Crippen LogP contribution in [0.5, 0.6) is 5.75 Å². The first-order valence-corrected chi connectivity index (χ1v) is 10.2. The molecule has 9 heteroatoms. The number of piperazine rings is 1. The van der Waals surface area contributed by atoms with Crippen LogP contribution < -0.4 is 4.74 Å². The molecular weight excluding hydrogens is 426 g/mol. The van der Waals surface area contributed by atoms with E-state index in [1.54, 1.807) is 17.0 Å². The highest BCUT2D eigenvalue weighted by atomic mass is 35.5. The van der Waals surface area contributed by atoms with Crippen molar-refractivity contribution in [3.63, 3.8) is 0 Å². The zero-order valence-corrected chi connectivity index (χ0v) is 17.6. The Morgan fingerprint density at radius 3 is 2.74 bits per heavy atom. The van der Waals surface area contributed by atoms with Gasteiger partial charge in [-0.2, -0.15) is 0 Å². The summed E-state index contributed by atoms with van der Waals surface area (Å²) < 4.78 is 35.5. The number of halogens is 3. The van der Waals surface area contributed by atoms with Crippen LogP contribution in [-0.4, -0.2) is 67.3 Å². The van der Waals surface area contributed by atoms with E-state index in [1.807, 2.05) is 4.90 Å². The highest BCUT2D eigenvalue weighted by Gasteiger charge is 2.41. The largest absolute Gasteiger partial charge is 0.496 e. The zero-order valence-electron chi connectivity index (χ0n) is 16.9. The Bertz CT molecular complexity index is 1040. The van der Waals surface area contributed by atoms with Crippen LogP contribution in [0, 0.1) is 11.7 Å². The van der Waals surface area contributed by atoms with Crippen molar-refractivity contribution in [2.75, 3.05) is 33.3 Å². The molecule has 2 unspecified atom stereocenters. The Labute approximate surface area is 183 Å². The van der Waals surface area contributed by atoms with Crippen LogP contribution in [0.4, 0.5) is 8.78 Å². The summed E-state index contributed by atoms with van der Waals surface area (Å²) in [7, 11) is 1.42. The molecule has 1 aliphatic carbocycles. The third kappa shape index (κ3) is 3.76. The average Bonchev–Trinajstić information content (AvgIpc) is 2.80. The molecule has 2 atom stereocenters. The number of allylic oxidation sites excluding steroid dienone is 3. The molecule has 1 amide bonds. The monoisotopic (exact) mass is 446 g/mol. The number of carbonyl (C=O) groups is 1. The number of amidine groups is 1. The summed E-state index contributed by atoms with van der Waals surface area (Å²) in [5.41, 5.74) is 0.710. The lowest BCUT2D eigenvalue weighted by Crippen LogP contribution is -2.53. The summed E-state index contributed by atoms with van der Waals surface area (Å²) in [6.07, 6.45) is 2.58. The number of carbonyl (C=O) groups excluding carboxylic acids is 1. The van der Waals surface area contributed by atoms with E-state index in [1.165, 1.54) is 31.7 Å². The van der Waals surface area contributed by atoms with Crippen molar-refractivity contribution in [3.8, 4) is 5.75 Å². The summed E-state index contributed by atoms with van der Waals surface area (Å²) in [5.74, 6) is -0.750. The van der Waals surface area contributed by atoms with Gasteiger partial charge in [-0.1, -0.05) is 24.2 Å². The Morgan fingerprint density at radius 2 is 2.06 bits per heavy atom. The van der Waals surface area contributed by atoms with Crippen molar-refractivity contribution in [2.24, 2.45) is 15.9 Å². The predicted molar refractivity (Wildman–Crippen MR) is 116 cm³/mol. The molecule has 0 saturated carbocycles. The zero-order chi connectivity index (χ0) is 22.1. The van der Waals surface area contributed by atoms with Gasteiger partial charge in [0.1, 0.15) is 23.7 Å². The molecule has 0 spiro atoms. The van der Waals surface area contributed by atoms with Crippen molar-refractivity contribution in [1.29, 1.82) is 0 Å². The third-order valence-electron chi connectivity index (χ3n) is 5.63. The molecule has 1 fully saturated rings. The van der Waals surface area contributed by atoms with E-state index in [2.05, 4.69) is 16.6 Å². The van der Waals surface area contributed by atoms with Gasteiger partial charge in [0.25, 0.3) is 0 Å². The fraction of sp³-hybridized carbons (Fsp3) is 0.318. The quantitative estimate of drug-likeness (QED) is 0.669. The minimum absolute atomic E-state index is 0.0967. The van der Waals surface area contributed by atoms with Crippen LogP contribution in [0.3, 0.4) is 0 Å². The van der Waals surface area contributed by atoms with Crippen LogP contribution in [0.1, 0.15) is 5.56 Å². The molecule has 3 aliphatic rings. The van der Waals surface area contributed by atoms with Gasteiger partial charge in [0.15, 0.2) is 6.17 Å². The number of ether oxygens (including phenoxy) is 1. The molecule has 162 valence electrons. The normalized spacial score (nSPS) is 23.2. The predicted octanol–water partition coefficient (Wildman–Crippen LogP) is 3.41. The van der Waals surface area contributed by atoms with E-state index in [0.717, 1.165) is 0 Å². The minimum Gasteiger partial charge on any atom is -0.496 e. The topological polar surface area (TPSA) is 57.5 Å². The maximum absolute atomic E-state index is 15.6. The molecule has 1 aromatic rings. The first kappa shape index (κ1) is 21.2. The lowest BCUT2D eigenvalue weighted by molar-refractivity contribution is -0.127. The SMILES string of the molecule is C=CC(=O)N1CCN(C2=NC=NC3=CC(c4c(F)cccc4OC)=C(Cl)C(F)C32)CC1. The van der Waals surface area contributed by atoms with E-state index in [9.17, 15) is 9.18 Å². The lowest BCUT2D eigenvalue weighted by atomic mass is 9.86. The van der Waals surface area contributed by atoms with Crippen molar-refractivity contribution >= 4 is 35.3 Å². The number of benzene rings is 1. The Balaban J connectivity index is 1.64. The van der Waals surface area contributed by atoms with E-state index in [0.29, 0.717) is 37.7 Å². The van der Waals surface area contributed by atoms with E-state index >= 15 is 4.39 Å². The lowest BCUT2D eigenvalue weighted by Gasteiger charge is -2.40. The van der Waals surface area contributed by atoms with E-state index in [-0.39, 0.29) is 27.8 Å². The molecule has 6 nitrogen and oxygen atoms in total. The Hall–Kier alpha value is -3.00. The summed E-state index contributed by atoms with van der Waals surface area (Å²) in [6.45, 7) is 5.46. The van der Waals surface area contributed by atoms with Gasteiger partial charge >= 0.3 is 0 Å². The Kier molecular flexibility index (Phi) is 5.91. The molecular formula is C22H21ClF2N4O2. The van der Waals surface area contributed by atoms with Crippen molar-refractivity contribution in [3.05, 3.63) is 59.0 Å². The summed E-state index contributed by atoms with van der Waals surface area (Å²) in [6, 6.07) is 4.38. The van der Waals surface area contributed by atoms with Gasteiger partial charge in [-0.25, -0.2) is 18.8 Å². The van der Waals surface area contributed by atoms with Crippen LogP contribution in [0.15, 0.2) is 57.6 Å². The molecule has 0 radical (unpaired) electrons. The number of hydrogen-bond acceptors (Lipinski definition) is 5. The number of rotatable bonds is 3. The highest BCUT2D eigenvalue weighted by Crippen LogP contribution is 2.43. The second kappa shape index (κ2) is 8.63. The van der Waals surface area contributed by atoms with Gasteiger partial charge in [-0.15, -0.1) is 0 Å². The number of amides is 1. The van der Waals surface area contributed by atoms with Gasteiger partial charge < -0.3 is 14.5 Å². The second-order valence-electron chi connectivity index (χ2n) is 7.28. The maximum atomic E-state index is 15.6. The number of aliphatic imine (C=N–C) groups is 2. The van der Waals surface area contributed by atoms with Crippen LogP contribution in [0.25, 0.3) is 5.57 Å². The van der Waals surface area contributed by atoms with Gasteiger partial charge in [0, 0.05) is 31.8 Å². The van der Waals surface area contributed by atoms with E-state index in [4.69, 9.17) is 16.3 Å². The first-order chi connectivity index (χ1) is 15.0. The first-order valence-electron chi connectivity index (χ1n) is 9.81. The number of nitrogens with zero attached hydrogens (tertiary/aromatic N) is 4. The molecule has 2 aliphatic heterocycles.